The van der Waals surface area contributed by atoms with Crippen molar-refractivity contribution >= 4 is 29.6 Å². The van der Waals surface area contributed by atoms with E-state index < -0.39 is 6.09 Å². The zero-order valence-corrected chi connectivity index (χ0v) is 13.8. The number of nitrogens with zero attached hydrogens (tertiary/aromatic N) is 3. The molecule has 0 saturated carbocycles. The van der Waals surface area contributed by atoms with Gasteiger partial charge in [0.15, 0.2) is 10.8 Å². The molecule has 8 heteroatoms. The minimum absolute atomic E-state index is 0.116. The van der Waals surface area contributed by atoms with Crippen molar-refractivity contribution in [1.82, 2.24) is 15.2 Å². The van der Waals surface area contributed by atoms with Crippen molar-refractivity contribution in [1.29, 1.82) is 0 Å². The normalized spacial score (nSPS) is 20.4. The average Bonchev–Trinajstić information content (AvgIpc) is 3.14. The number of aldehydes is 1. The van der Waals surface area contributed by atoms with Crippen molar-refractivity contribution in [2.24, 2.45) is 4.99 Å². The van der Waals surface area contributed by atoms with Gasteiger partial charge in [0.2, 0.25) is 0 Å². The second kappa shape index (κ2) is 6.49. The maximum Gasteiger partial charge on any atom is 0.407 e. The zero-order chi connectivity index (χ0) is 16.4. The molecule has 1 N–H and O–H groups in total. The average molecular weight is 334 g/mol. The first kappa shape index (κ1) is 15.7. The molecule has 1 unspecified atom stereocenters. The van der Waals surface area contributed by atoms with E-state index in [0.29, 0.717) is 25.1 Å². The third-order valence-electron chi connectivity index (χ3n) is 3.62. The van der Waals surface area contributed by atoms with Crippen LogP contribution < -0.4 is 5.32 Å². The van der Waals surface area contributed by atoms with E-state index in [2.05, 4.69) is 15.3 Å². The predicted molar refractivity (Wildman–Crippen MR) is 86.5 cm³/mol. The van der Waals surface area contributed by atoms with Crippen LogP contribution in [0, 0.1) is 0 Å². The Morgan fingerprint density at radius 3 is 3.04 bits per heavy atom. The standard InChI is InChI=1S/C15H18N4O3S/c1-9(2)22-15(21)18-11-5-12-10(8-20)6-17-13(19(12)7-11)14-16-3-4-23-14/h3-4,8-9,11H,5-7H2,1-2H3,(H,18,21). The summed E-state index contributed by atoms with van der Waals surface area (Å²) in [6, 6.07) is -0.116. The summed E-state index contributed by atoms with van der Waals surface area (Å²) in [5.41, 5.74) is 1.57. The smallest absolute Gasteiger partial charge is 0.407 e. The van der Waals surface area contributed by atoms with Crippen molar-refractivity contribution in [3.8, 4) is 0 Å². The van der Waals surface area contributed by atoms with Gasteiger partial charge in [0.25, 0.3) is 0 Å². The Kier molecular flexibility index (Phi) is 4.42. The van der Waals surface area contributed by atoms with Crippen molar-refractivity contribution in [3.05, 3.63) is 27.9 Å². The van der Waals surface area contributed by atoms with Gasteiger partial charge in [-0.3, -0.25) is 9.79 Å². The van der Waals surface area contributed by atoms with E-state index in [1.54, 1.807) is 20.0 Å². The van der Waals surface area contributed by atoms with Crippen LogP contribution in [0.15, 0.2) is 27.8 Å². The third kappa shape index (κ3) is 3.26. The molecule has 0 spiro atoms. The molecule has 3 rings (SSSR count). The number of carbonyl (C=O) groups excluding carboxylic acids is 2. The van der Waals surface area contributed by atoms with Crippen LogP contribution in [-0.4, -0.2) is 53.3 Å². The van der Waals surface area contributed by atoms with Gasteiger partial charge in [0.1, 0.15) is 6.29 Å². The van der Waals surface area contributed by atoms with Gasteiger partial charge in [0, 0.05) is 35.8 Å². The maximum atomic E-state index is 11.8. The van der Waals surface area contributed by atoms with Crippen LogP contribution in [0.5, 0.6) is 0 Å². The zero-order valence-electron chi connectivity index (χ0n) is 13.0. The van der Waals surface area contributed by atoms with Crippen LogP contribution in [0.1, 0.15) is 25.3 Å². The number of fused-ring (bicyclic) bond motifs is 1. The second-order valence-electron chi connectivity index (χ2n) is 5.68. The van der Waals surface area contributed by atoms with Crippen LogP contribution in [-0.2, 0) is 9.53 Å². The number of aromatic nitrogens is 1. The molecule has 1 saturated heterocycles. The van der Waals surface area contributed by atoms with Crippen LogP contribution in [0.3, 0.4) is 0 Å². The van der Waals surface area contributed by atoms with Crippen molar-refractivity contribution < 1.29 is 14.3 Å². The van der Waals surface area contributed by atoms with Gasteiger partial charge in [-0.2, -0.15) is 0 Å². The minimum atomic E-state index is -0.439. The first-order valence-electron chi connectivity index (χ1n) is 7.44. The lowest BCUT2D eigenvalue weighted by molar-refractivity contribution is -0.105. The van der Waals surface area contributed by atoms with E-state index in [1.165, 1.54) is 11.3 Å². The molecule has 1 amide bonds. The SMILES string of the molecule is CC(C)OC(=O)NC1CC2=C(C=O)CN=C(c3nccs3)N2C1. The fourth-order valence-corrected chi connectivity index (χ4v) is 3.38. The highest BCUT2D eigenvalue weighted by atomic mass is 32.1. The molecule has 7 nitrogen and oxygen atoms in total. The topological polar surface area (TPSA) is 83.9 Å². The van der Waals surface area contributed by atoms with E-state index in [-0.39, 0.29) is 12.1 Å². The van der Waals surface area contributed by atoms with Gasteiger partial charge in [-0.15, -0.1) is 11.3 Å². The van der Waals surface area contributed by atoms with Gasteiger partial charge < -0.3 is 15.0 Å². The Balaban J connectivity index is 1.78. The highest BCUT2D eigenvalue weighted by Gasteiger charge is 2.36. The number of ether oxygens (including phenoxy) is 1. The van der Waals surface area contributed by atoms with Crippen molar-refractivity contribution in [3.63, 3.8) is 0 Å². The minimum Gasteiger partial charge on any atom is -0.447 e. The summed E-state index contributed by atoms with van der Waals surface area (Å²) >= 11 is 1.50. The van der Waals surface area contributed by atoms with Crippen LogP contribution in [0.2, 0.25) is 0 Å². The summed E-state index contributed by atoms with van der Waals surface area (Å²) in [4.78, 5) is 33.9. The molecule has 1 aromatic heterocycles. The summed E-state index contributed by atoms with van der Waals surface area (Å²) in [5, 5.41) is 5.56. The number of nitrogens with one attached hydrogen (secondary N) is 1. The summed E-state index contributed by atoms with van der Waals surface area (Å²) in [5.74, 6) is 0.766. The Morgan fingerprint density at radius 1 is 1.57 bits per heavy atom. The second-order valence-corrected chi connectivity index (χ2v) is 6.57. The fraction of sp³-hybridized carbons (Fsp3) is 0.467. The summed E-state index contributed by atoms with van der Waals surface area (Å²) in [7, 11) is 0. The summed E-state index contributed by atoms with van der Waals surface area (Å²) in [6.07, 6.45) is 2.56. The lowest BCUT2D eigenvalue weighted by Gasteiger charge is -2.25. The maximum absolute atomic E-state index is 11.8. The molecule has 0 aromatic carbocycles. The molecule has 0 radical (unpaired) electrons. The van der Waals surface area contributed by atoms with Crippen molar-refractivity contribution in [2.75, 3.05) is 13.1 Å². The molecule has 2 aliphatic heterocycles. The molecular weight excluding hydrogens is 316 g/mol. The number of rotatable bonds is 4. The summed E-state index contributed by atoms with van der Waals surface area (Å²) < 4.78 is 5.12. The number of carbonyl (C=O) groups is 2. The lowest BCUT2D eigenvalue weighted by Crippen LogP contribution is -2.40. The lowest BCUT2D eigenvalue weighted by atomic mass is 10.1. The first-order chi connectivity index (χ1) is 11.1. The van der Waals surface area contributed by atoms with Gasteiger partial charge in [-0.05, 0) is 13.8 Å². The Labute approximate surface area is 138 Å². The van der Waals surface area contributed by atoms with E-state index in [0.717, 1.165) is 22.8 Å². The van der Waals surface area contributed by atoms with E-state index in [1.807, 2.05) is 10.3 Å². The first-order valence-corrected chi connectivity index (χ1v) is 8.32. The molecule has 23 heavy (non-hydrogen) atoms. The highest BCUT2D eigenvalue weighted by molar-refractivity contribution is 7.11. The number of hydrogen-bond donors (Lipinski definition) is 1. The molecule has 3 heterocycles. The van der Waals surface area contributed by atoms with Gasteiger partial charge >= 0.3 is 6.09 Å². The molecule has 1 atom stereocenters. The molecule has 1 fully saturated rings. The van der Waals surface area contributed by atoms with E-state index >= 15 is 0 Å². The number of hydrogen-bond acceptors (Lipinski definition) is 7. The Hall–Kier alpha value is -2.22. The molecule has 0 bridgehead atoms. The molecular formula is C15H18N4O3S. The van der Waals surface area contributed by atoms with Gasteiger partial charge in [-0.25, -0.2) is 9.78 Å². The van der Waals surface area contributed by atoms with Gasteiger partial charge in [-0.1, -0.05) is 0 Å². The van der Waals surface area contributed by atoms with Crippen molar-refractivity contribution in [2.45, 2.75) is 32.4 Å². The molecule has 122 valence electrons. The molecule has 1 aromatic rings. The highest BCUT2D eigenvalue weighted by Crippen LogP contribution is 2.30. The quantitative estimate of drug-likeness (QED) is 0.845. The van der Waals surface area contributed by atoms with Crippen LogP contribution >= 0.6 is 11.3 Å². The Bertz CT molecular complexity index is 666. The van der Waals surface area contributed by atoms with Crippen LogP contribution in [0.25, 0.3) is 0 Å². The predicted octanol–water partition coefficient (Wildman–Crippen LogP) is 1.57. The molecule has 0 aliphatic carbocycles. The number of amidine groups is 1. The third-order valence-corrected chi connectivity index (χ3v) is 4.39. The van der Waals surface area contributed by atoms with E-state index in [9.17, 15) is 9.59 Å². The van der Waals surface area contributed by atoms with Gasteiger partial charge in [0.05, 0.1) is 18.7 Å². The fourth-order valence-electron chi connectivity index (χ4n) is 2.73. The van der Waals surface area contributed by atoms with Crippen LogP contribution in [0.4, 0.5) is 4.79 Å². The Morgan fingerprint density at radius 2 is 2.39 bits per heavy atom. The van der Waals surface area contributed by atoms with E-state index in [4.69, 9.17) is 4.74 Å². The summed E-state index contributed by atoms with van der Waals surface area (Å²) in [6.45, 7) is 4.52. The number of thiazole rings is 1. The number of amides is 1. The monoisotopic (exact) mass is 334 g/mol. The largest absolute Gasteiger partial charge is 0.447 e. The number of alkyl carbamates (subject to hydrolysis) is 1. The molecule has 2 aliphatic rings. The number of aliphatic imine (C=N–C) groups is 1.